The summed E-state index contributed by atoms with van der Waals surface area (Å²) in [4.78, 5) is 21.6. The summed E-state index contributed by atoms with van der Waals surface area (Å²) in [6.45, 7) is 1.11. The first-order chi connectivity index (χ1) is 7.49. The molecule has 0 bridgehead atoms. The van der Waals surface area contributed by atoms with Crippen molar-refractivity contribution in [3.05, 3.63) is 12.2 Å². The molecule has 6 heteroatoms. The third-order valence-corrected chi connectivity index (χ3v) is 1.84. The molecular weight excluding hydrogens is 216 g/mol. The van der Waals surface area contributed by atoms with Gasteiger partial charge in [0.25, 0.3) is 0 Å². The fourth-order valence-electron chi connectivity index (χ4n) is 0.851. The Kier molecular flexibility index (Phi) is 6.36. The molecule has 0 aromatic rings. The van der Waals surface area contributed by atoms with Crippen LogP contribution in [0, 0.1) is 0 Å². The van der Waals surface area contributed by atoms with Crippen molar-refractivity contribution in [3.8, 4) is 0 Å². The quantitative estimate of drug-likeness (QED) is 0.372. The van der Waals surface area contributed by atoms with Gasteiger partial charge in [-0.2, -0.15) is 0 Å². The van der Waals surface area contributed by atoms with Crippen LogP contribution in [0.25, 0.3) is 0 Å². The number of esters is 2. The lowest BCUT2D eigenvalue weighted by atomic mass is 10.2. The second-order valence-electron chi connectivity index (χ2n) is 2.86. The lowest BCUT2D eigenvalue weighted by Crippen LogP contribution is -2.37. The van der Waals surface area contributed by atoms with E-state index in [0.29, 0.717) is 0 Å². The minimum Gasteiger partial charge on any atom is -0.466 e. The predicted octanol–water partition coefficient (Wildman–Crippen LogP) is 0.268. The van der Waals surface area contributed by atoms with Gasteiger partial charge in [-0.1, -0.05) is 0 Å². The maximum atomic E-state index is 10.9. The van der Waals surface area contributed by atoms with Gasteiger partial charge in [0.05, 0.1) is 7.11 Å². The highest BCUT2D eigenvalue weighted by Crippen LogP contribution is 2.14. The summed E-state index contributed by atoms with van der Waals surface area (Å²) in [6.07, 6.45) is 2.46. The van der Waals surface area contributed by atoms with Crippen LogP contribution in [-0.4, -0.2) is 45.7 Å². The first kappa shape index (κ1) is 14.6. The smallest absolute Gasteiger partial charge is 0.330 e. The monoisotopic (exact) mass is 232 g/mol. The summed E-state index contributed by atoms with van der Waals surface area (Å²) in [5.74, 6) is -2.30. The molecule has 92 valence electrons. The molecule has 0 fully saturated rings. The van der Waals surface area contributed by atoms with Crippen molar-refractivity contribution in [2.75, 3.05) is 27.9 Å². The summed E-state index contributed by atoms with van der Waals surface area (Å²) in [5, 5.41) is 0. The van der Waals surface area contributed by atoms with E-state index in [4.69, 9.17) is 14.2 Å². The number of hydrogen-bond donors (Lipinski definition) is 0. The number of carbonyl (C=O) groups is 2. The van der Waals surface area contributed by atoms with Crippen molar-refractivity contribution in [2.45, 2.75) is 12.7 Å². The molecule has 0 N–H and O–H groups in total. The minimum atomic E-state index is -1.28. The zero-order valence-corrected chi connectivity index (χ0v) is 9.81. The van der Waals surface area contributed by atoms with Crippen LogP contribution in [-0.2, 0) is 28.5 Å². The summed E-state index contributed by atoms with van der Waals surface area (Å²) in [7, 11) is 3.99. The number of methoxy groups -OCH3 is 3. The molecule has 0 aliphatic carbocycles. The lowest BCUT2D eigenvalue weighted by Gasteiger charge is -2.26. The van der Waals surface area contributed by atoms with Gasteiger partial charge in [-0.15, -0.1) is 0 Å². The topological polar surface area (TPSA) is 71.1 Å². The fourth-order valence-corrected chi connectivity index (χ4v) is 0.851. The van der Waals surface area contributed by atoms with Gasteiger partial charge in [0.15, 0.2) is 0 Å². The molecule has 16 heavy (non-hydrogen) atoms. The molecule has 0 rings (SSSR count). The van der Waals surface area contributed by atoms with Gasteiger partial charge in [0, 0.05) is 27.2 Å². The highest BCUT2D eigenvalue weighted by Gasteiger charge is 2.28. The zero-order valence-electron chi connectivity index (χ0n) is 9.81. The number of hydrogen-bond acceptors (Lipinski definition) is 6. The number of ether oxygens (including phenoxy) is 4. The highest BCUT2D eigenvalue weighted by molar-refractivity contribution is 5.81. The van der Waals surface area contributed by atoms with Crippen LogP contribution in [0.4, 0.5) is 0 Å². The molecule has 0 aliphatic heterocycles. The van der Waals surface area contributed by atoms with E-state index < -0.39 is 17.7 Å². The van der Waals surface area contributed by atoms with E-state index in [1.807, 2.05) is 0 Å². The zero-order chi connectivity index (χ0) is 12.6. The molecule has 6 nitrogen and oxygen atoms in total. The molecule has 0 heterocycles. The van der Waals surface area contributed by atoms with E-state index in [0.717, 1.165) is 6.08 Å². The Balaban J connectivity index is 4.60. The molecule has 0 unspecified atom stereocenters. The van der Waals surface area contributed by atoms with Crippen LogP contribution in [0.2, 0.25) is 0 Å². The molecule has 0 aromatic heterocycles. The Labute approximate surface area is 94.1 Å². The van der Waals surface area contributed by atoms with Gasteiger partial charge in [0.1, 0.15) is 6.61 Å². The maximum absolute atomic E-state index is 10.9. The average Bonchev–Trinajstić information content (AvgIpc) is 2.29. The highest BCUT2D eigenvalue weighted by atomic mass is 16.7. The summed E-state index contributed by atoms with van der Waals surface area (Å²) < 4.78 is 19.3. The Morgan fingerprint density at radius 2 is 1.75 bits per heavy atom. The van der Waals surface area contributed by atoms with Crippen molar-refractivity contribution >= 4 is 11.9 Å². The Bertz CT molecular complexity index is 266. The molecular formula is C10H16O6. The molecule has 0 radical (unpaired) electrons. The first-order valence-corrected chi connectivity index (χ1v) is 4.50. The largest absolute Gasteiger partial charge is 0.466 e. The summed E-state index contributed by atoms with van der Waals surface area (Å²) >= 11 is 0. The van der Waals surface area contributed by atoms with Gasteiger partial charge >= 0.3 is 11.9 Å². The van der Waals surface area contributed by atoms with Crippen molar-refractivity contribution in [1.29, 1.82) is 0 Å². The van der Waals surface area contributed by atoms with E-state index in [1.165, 1.54) is 34.3 Å². The first-order valence-electron chi connectivity index (χ1n) is 4.50. The van der Waals surface area contributed by atoms with Gasteiger partial charge in [-0.05, 0) is 6.08 Å². The molecule has 0 atom stereocenters. The van der Waals surface area contributed by atoms with E-state index in [2.05, 4.69) is 4.74 Å². The van der Waals surface area contributed by atoms with E-state index >= 15 is 0 Å². The van der Waals surface area contributed by atoms with Crippen LogP contribution in [0.3, 0.4) is 0 Å². The second kappa shape index (κ2) is 6.97. The van der Waals surface area contributed by atoms with Gasteiger partial charge in [-0.3, -0.25) is 4.79 Å². The van der Waals surface area contributed by atoms with Gasteiger partial charge < -0.3 is 18.9 Å². The van der Waals surface area contributed by atoms with Crippen LogP contribution >= 0.6 is 0 Å². The van der Waals surface area contributed by atoms with Gasteiger partial charge in [0.2, 0.25) is 5.79 Å². The molecule has 0 spiro atoms. The predicted molar refractivity (Wildman–Crippen MR) is 54.5 cm³/mol. The van der Waals surface area contributed by atoms with Gasteiger partial charge in [-0.25, -0.2) is 4.79 Å². The van der Waals surface area contributed by atoms with E-state index in [1.54, 1.807) is 0 Å². The summed E-state index contributed by atoms with van der Waals surface area (Å²) in [5.41, 5.74) is 0. The van der Waals surface area contributed by atoms with E-state index in [-0.39, 0.29) is 6.61 Å². The van der Waals surface area contributed by atoms with Crippen LogP contribution in [0.5, 0.6) is 0 Å². The Hall–Kier alpha value is -1.40. The standard InChI is InChI=1S/C10H16O6/c1-8(11)16-7-10(14-3,15-4)6-5-9(12)13-2/h5-6H,7H2,1-4H3. The van der Waals surface area contributed by atoms with Crippen LogP contribution in [0.15, 0.2) is 12.2 Å². The molecule has 0 amide bonds. The molecule has 0 aliphatic rings. The Morgan fingerprint density at radius 3 is 2.12 bits per heavy atom. The third kappa shape index (κ3) is 4.90. The second-order valence-corrected chi connectivity index (χ2v) is 2.86. The third-order valence-electron chi connectivity index (χ3n) is 1.84. The molecule has 0 saturated carbocycles. The lowest BCUT2D eigenvalue weighted by molar-refractivity contribution is -0.204. The number of carbonyl (C=O) groups excluding carboxylic acids is 2. The van der Waals surface area contributed by atoms with Crippen molar-refractivity contribution in [2.24, 2.45) is 0 Å². The summed E-state index contributed by atoms with van der Waals surface area (Å²) in [6, 6.07) is 0. The average molecular weight is 232 g/mol. The molecule has 0 aromatic carbocycles. The fraction of sp³-hybridized carbons (Fsp3) is 0.600. The SMILES string of the molecule is COC(=O)C=CC(COC(C)=O)(OC)OC. The van der Waals surface area contributed by atoms with E-state index in [9.17, 15) is 9.59 Å². The minimum absolute atomic E-state index is 0.150. The van der Waals surface area contributed by atoms with Crippen LogP contribution in [0.1, 0.15) is 6.92 Å². The van der Waals surface area contributed by atoms with Crippen molar-refractivity contribution < 1.29 is 28.5 Å². The van der Waals surface area contributed by atoms with Crippen molar-refractivity contribution in [3.63, 3.8) is 0 Å². The number of rotatable bonds is 6. The normalized spacial score (nSPS) is 11.5. The van der Waals surface area contributed by atoms with Crippen molar-refractivity contribution in [1.82, 2.24) is 0 Å². The molecule has 0 saturated heterocycles. The Morgan fingerprint density at radius 1 is 1.19 bits per heavy atom. The maximum Gasteiger partial charge on any atom is 0.330 e. The van der Waals surface area contributed by atoms with Crippen LogP contribution < -0.4 is 0 Å².